The molecular weight excluding hydrogens is 323 g/mol. The number of amides is 1. The van der Waals surface area contributed by atoms with Gasteiger partial charge in [-0.25, -0.2) is 0 Å². The van der Waals surface area contributed by atoms with Gasteiger partial charge >= 0.3 is 0 Å². The van der Waals surface area contributed by atoms with Crippen molar-refractivity contribution in [3.63, 3.8) is 0 Å². The van der Waals surface area contributed by atoms with Crippen molar-refractivity contribution in [2.45, 2.75) is 46.3 Å². The van der Waals surface area contributed by atoms with Crippen LogP contribution in [-0.4, -0.2) is 24.1 Å². The second kappa shape index (κ2) is 8.61. The first-order valence-electron chi connectivity index (χ1n) is 7.14. The smallest absolute Gasteiger partial charge is 0.261 e. The summed E-state index contributed by atoms with van der Waals surface area (Å²) in [6, 6.07) is 5.33. The van der Waals surface area contributed by atoms with Gasteiger partial charge in [-0.15, -0.1) is 12.4 Å². The van der Waals surface area contributed by atoms with E-state index in [1.807, 2.05) is 33.8 Å². The molecule has 0 aromatic heterocycles. The fourth-order valence-corrected chi connectivity index (χ4v) is 1.88. The van der Waals surface area contributed by atoms with Crippen LogP contribution in [0.5, 0.6) is 5.75 Å². The number of rotatable bonds is 6. The largest absolute Gasteiger partial charge is 0.481 e. The van der Waals surface area contributed by atoms with E-state index in [2.05, 4.69) is 5.32 Å². The molecule has 0 aliphatic carbocycles. The highest BCUT2D eigenvalue weighted by Crippen LogP contribution is 2.22. The number of nitrogens with one attached hydrogen (secondary N) is 1. The summed E-state index contributed by atoms with van der Waals surface area (Å²) >= 11 is 5.97. The SMILES string of the molecule is Cc1cc(OC(C)C(=O)NC(C)(CN)C(C)C)ccc1Cl.Cl. The van der Waals surface area contributed by atoms with Gasteiger partial charge in [0, 0.05) is 11.6 Å². The van der Waals surface area contributed by atoms with Crippen LogP contribution in [-0.2, 0) is 4.79 Å². The van der Waals surface area contributed by atoms with Crippen molar-refractivity contribution in [3.8, 4) is 5.75 Å². The van der Waals surface area contributed by atoms with Crippen molar-refractivity contribution in [1.82, 2.24) is 5.32 Å². The van der Waals surface area contributed by atoms with Gasteiger partial charge in [0.15, 0.2) is 6.10 Å². The van der Waals surface area contributed by atoms with Crippen molar-refractivity contribution in [3.05, 3.63) is 28.8 Å². The Morgan fingerprint density at radius 3 is 2.45 bits per heavy atom. The molecule has 4 nitrogen and oxygen atoms in total. The summed E-state index contributed by atoms with van der Waals surface area (Å²) in [6.45, 7) is 9.99. The Kier molecular flexibility index (Phi) is 8.23. The molecule has 1 aromatic rings. The highest BCUT2D eigenvalue weighted by atomic mass is 35.5. The van der Waals surface area contributed by atoms with E-state index < -0.39 is 11.6 Å². The second-order valence-electron chi connectivity index (χ2n) is 5.94. The number of carbonyl (C=O) groups is 1. The third kappa shape index (κ3) is 5.34. The van der Waals surface area contributed by atoms with Crippen molar-refractivity contribution in [2.24, 2.45) is 11.7 Å². The van der Waals surface area contributed by atoms with Gasteiger partial charge in [-0.3, -0.25) is 4.79 Å². The molecule has 0 heterocycles. The molecule has 0 bridgehead atoms. The Balaban J connectivity index is 0.00000441. The summed E-state index contributed by atoms with van der Waals surface area (Å²) < 4.78 is 5.67. The minimum absolute atomic E-state index is 0. The summed E-state index contributed by atoms with van der Waals surface area (Å²) in [5.41, 5.74) is 6.25. The van der Waals surface area contributed by atoms with Gasteiger partial charge in [-0.1, -0.05) is 25.4 Å². The Labute approximate surface area is 144 Å². The monoisotopic (exact) mass is 348 g/mol. The van der Waals surface area contributed by atoms with E-state index in [0.29, 0.717) is 17.3 Å². The molecule has 0 radical (unpaired) electrons. The second-order valence-corrected chi connectivity index (χ2v) is 6.34. The van der Waals surface area contributed by atoms with Crippen LogP contribution in [0, 0.1) is 12.8 Å². The van der Waals surface area contributed by atoms with Gasteiger partial charge in [0.25, 0.3) is 5.91 Å². The molecule has 0 aliphatic heterocycles. The molecule has 126 valence electrons. The first kappa shape index (κ1) is 21.0. The number of nitrogens with two attached hydrogens (primary N) is 1. The van der Waals surface area contributed by atoms with Crippen LogP contribution in [0.25, 0.3) is 0 Å². The van der Waals surface area contributed by atoms with Crippen molar-refractivity contribution < 1.29 is 9.53 Å². The zero-order chi connectivity index (χ0) is 16.2. The normalized spacial score (nSPS) is 14.7. The topological polar surface area (TPSA) is 64.3 Å². The van der Waals surface area contributed by atoms with Gasteiger partial charge in [0.05, 0.1) is 5.54 Å². The average molecular weight is 349 g/mol. The van der Waals surface area contributed by atoms with E-state index >= 15 is 0 Å². The number of carbonyl (C=O) groups excluding carboxylic acids is 1. The van der Waals surface area contributed by atoms with Crippen LogP contribution in [0.2, 0.25) is 5.02 Å². The third-order valence-corrected chi connectivity index (χ3v) is 4.34. The van der Waals surface area contributed by atoms with E-state index in [0.717, 1.165) is 5.56 Å². The molecule has 0 saturated carbocycles. The fraction of sp³-hybridized carbons (Fsp3) is 0.562. The standard InChI is InChI=1S/C16H25ClN2O2.ClH/c1-10(2)16(5,9-18)19-15(20)12(4)21-13-6-7-14(17)11(3)8-13;/h6-8,10,12H,9,18H2,1-5H3,(H,19,20);1H. The summed E-state index contributed by atoms with van der Waals surface area (Å²) in [7, 11) is 0. The van der Waals surface area contributed by atoms with E-state index in [1.165, 1.54) is 0 Å². The van der Waals surface area contributed by atoms with Crippen LogP contribution in [0.1, 0.15) is 33.3 Å². The van der Waals surface area contributed by atoms with E-state index in [4.69, 9.17) is 22.1 Å². The van der Waals surface area contributed by atoms with Gasteiger partial charge in [-0.2, -0.15) is 0 Å². The number of hydrogen-bond donors (Lipinski definition) is 2. The van der Waals surface area contributed by atoms with E-state index in [1.54, 1.807) is 19.1 Å². The van der Waals surface area contributed by atoms with Crippen LogP contribution < -0.4 is 15.8 Å². The fourth-order valence-electron chi connectivity index (χ4n) is 1.76. The summed E-state index contributed by atoms with van der Waals surface area (Å²) in [6.07, 6.45) is -0.602. The van der Waals surface area contributed by atoms with Gasteiger partial charge in [-0.05, 0) is 50.5 Å². The van der Waals surface area contributed by atoms with Crippen LogP contribution in [0.4, 0.5) is 0 Å². The van der Waals surface area contributed by atoms with Gasteiger partial charge in [0.2, 0.25) is 0 Å². The maximum absolute atomic E-state index is 12.3. The minimum atomic E-state index is -0.602. The molecule has 0 aliphatic rings. The number of aryl methyl sites for hydroxylation is 1. The Bertz CT molecular complexity index is 509. The first-order chi connectivity index (χ1) is 9.69. The van der Waals surface area contributed by atoms with Crippen LogP contribution in [0.15, 0.2) is 18.2 Å². The lowest BCUT2D eigenvalue weighted by Crippen LogP contribution is -2.57. The Morgan fingerprint density at radius 1 is 1.41 bits per heavy atom. The third-order valence-electron chi connectivity index (χ3n) is 3.92. The molecule has 2 unspecified atom stereocenters. The molecule has 6 heteroatoms. The van der Waals surface area contributed by atoms with E-state index in [-0.39, 0.29) is 24.2 Å². The van der Waals surface area contributed by atoms with Crippen LogP contribution >= 0.6 is 24.0 Å². The van der Waals surface area contributed by atoms with Crippen LogP contribution in [0.3, 0.4) is 0 Å². The van der Waals surface area contributed by atoms with Crippen molar-refractivity contribution in [1.29, 1.82) is 0 Å². The highest BCUT2D eigenvalue weighted by Gasteiger charge is 2.30. The number of halogens is 2. The molecule has 0 spiro atoms. The zero-order valence-corrected chi connectivity index (χ0v) is 15.3. The van der Waals surface area contributed by atoms with Crippen molar-refractivity contribution in [2.75, 3.05) is 6.54 Å². The first-order valence-corrected chi connectivity index (χ1v) is 7.52. The predicted octanol–water partition coefficient (Wildman–Crippen LogP) is 3.33. The summed E-state index contributed by atoms with van der Waals surface area (Å²) in [5.74, 6) is 0.680. The summed E-state index contributed by atoms with van der Waals surface area (Å²) in [4.78, 5) is 12.3. The Morgan fingerprint density at radius 2 is 2.00 bits per heavy atom. The van der Waals surface area contributed by atoms with E-state index in [9.17, 15) is 4.79 Å². The lowest BCUT2D eigenvalue weighted by molar-refractivity contribution is -0.129. The molecule has 2 atom stereocenters. The average Bonchev–Trinajstić information content (AvgIpc) is 2.42. The molecule has 3 N–H and O–H groups in total. The molecule has 22 heavy (non-hydrogen) atoms. The molecule has 0 saturated heterocycles. The predicted molar refractivity (Wildman–Crippen MR) is 94.0 cm³/mol. The minimum Gasteiger partial charge on any atom is -0.481 e. The summed E-state index contributed by atoms with van der Waals surface area (Å²) in [5, 5.41) is 3.65. The number of ether oxygens (including phenoxy) is 1. The quantitative estimate of drug-likeness (QED) is 0.828. The maximum Gasteiger partial charge on any atom is 0.261 e. The molecule has 1 rings (SSSR count). The highest BCUT2D eigenvalue weighted by molar-refractivity contribution is 6.31. The van der Waals surface area contributed by atoms with Crippen molar-refractivity contribution >= 4 is 29.9 Å². The lowest BCUT2D eigenvalue weighted by Gasteiger charge is -2.34. The van der Waals surface area contributed by atoms with Gasteiger partial charge < -0.3 is 15.8 Å². The zero-order valence-electron chi connectivity index (χ0n) is 13.8. The molecule has 1 amide bonds. The molecular formula is C16H26Cl2N2O2. The molecule has 1 aromatic carbocycles. The number of hydrogen-bond acceptors (Lipinski definition) is 3. The number of benzene rings is 1. The maximum atomic E-state index is 12.3. The molecule has 0 fully saturated rings. The van der Waals surface area contributed by atoms with Gasteiger partial charge in [0.1, 0.15) is 5.75 Å². The lowest BCUT2D eigenvalue weighted by atomic mass is 9.88. The Hall–Kier alpha value is -0.970.